The quantitative estimate of drug-likeness (QED) is 0.850. The Balaban J connectivity index is 1.93. The van der Waals surface area contributed by atoms with Crippen LogP contribution in [0.1, 0.15) is 17.2 Å². The number of hydrogen-bond donors (Lipinski definition) is 1. The van der Waals surface area contributed by atoms with Gasteiger partial charge in [-0.25, -0.2) is 0 Å². The Morgan fingerprint density at radius 3 is 2.04 bits per heavy atom. The zero-order chi connectivity index (χ0) is 16.1. The van der Waals surface area contributed by atoms with Crippen molar-refractivity contribution in [3.05, 3.63) is 59.7 Å². The molecule has 0 bridgehead atoms. The number of rotatable bonds is 5. The lowest BCUT2D eigenvalue weighted by molar-refractivity contribution is 0.198. The summed E-state index contributed by atoms with van der Waals surface area (Å²) in [5.41, 5.74) is 2.68. The van der Waals surface area contributed by atoms with Gasteiger partial charge in [0.25, 0.3) is 0 Å². The van der Waals surface area contributed by atoms with Crippen LogP contribution in [0.4, 0.5) is 0 Å². The lowest BCUT2D eigenvalue weighted by Gasteiger charge is -2.35. The molecule has 0 aliphatic carbocycles. The van der Waals surface area contributed by atoms with E-state index in [2.05, 4.69) is 65.0 Å². The van der Waals surface area contributed by atoms with E-state index in [4.69, 9.17) is 4.74 Å². The second-order valence-electron chi connectivity index (χ2n) is 5.73. The Labute approximate surface area is 143 Å². The van der Waals surface area contributed by atoms with Crippen molar-refractivity contribution in [2.24, 2.45) is 0 Å². The van der Waals surface area contributed by atoms with Crippen LogP contribution in [0.15, 0.2) is 53.4 Å². The third-order valence-electron chi connectivity index (χ3n) is 4.38. The molecule has 2 aromatic carbocycles. The maximum atomic E-state index is 5.30. The van der Waals surface area contributed by atoms with Gasteiger partial charge in [0.2, 0.25) is 0 Å². The van der Waals surface area contributed by atoms with Gasteiger partial charge >= 0.3 is 0 Å². The van der Waals surface area contributed by atoms with Crippen molar-refractivity contribution in [3.8, 4) is 5.75 Å². The van der Waals surface area contributed by atoms with E-state index in [0.29, 0.717) is 6.04 Å². The molecule has 0 amide bonds. The maximum absolute atomic E-state index is 5.30. The lowest BCUT2D eigenvalue weighted by Crippen LogP contribution is -2.45. The molecule has 23 heavy (non-hydrogen) atoms. The highest BCUT2D eigenvalue weighted by Gasteiger charge is 2.23. The summed E-state index contributed by atoms with van der Waals surface area (Å²) in [5, 5.41) is 3.44. The molecule has 1 aliphatic rings. The van der Waals surface area contributed by atoms with Crippen LogP contribution in [-0.4, -0.2) is 44.4 Å². The highest BCUT2D eigenvalue weighted by atomic mass is 32.2. The van der Waals surface area contributed by atoms with Crippen molar-refractivity contribution >= 4 is 11.8 Å². The summed E-state index contributed by atoms with van der Waals surface area (Å²) in [7, 11) is 1.71. The molecule has 1 unspecified atom stereocenters. The first-order chi connectivity index (χ1) is 11.3. The van der Waals surface area contributed by atoms with E-state index in [0.717, 1.165) is 31.9 Å². The van der Waals surface area contributed by atoms with E-state index in [1.807, 2.05) is 0 Å². The van der Waals surface area contributed by atoms with Crippen molar-refractivity contribution in [2.45, 2.75) is 10.9 Å². The molecule has 122 valence electrons. The van der Waals surface area contributed by atoms with Gasteiger partial charge in [-0.15, -0.1) is 11.8 Å². The smallest absolute Gasteiger partial charge is 0.118 e. The topological polar surface area (TPSA) is 24.5 Å². The van der Waals surface area contributed by atoms with Gasteiger partial charge in [-0.3, -0.25) is 4.90 Å². The molecule has 0 saturated carbocycles. The predicted octanol–water partition coefficient (Wildman–Crippen LogP) is 3.41. The van der Waals surface area contributed by atoms with E-state index in [1.54, 1.807) is 18.9 Å². The minimum absolute atomic E-state index is 0.305. The van der Waals surface area contributed by atoms with E-state index in [9.17, 15) is 0 Å². The van der Waals surface area contributed by atoms with Gasteiger partial charge in [-0.1, -0.05) is 24.3 Å². The summed E-state index contributed by atoms with van der Waals surface area (Å²) in [5.74, 6) is 0.908. The fraction of sp³-hybridized carbons (Fsp3) is 0.368. The molecule has 4 heteroatoms. The summed E-state index contributed by atoms with van der Waals surface area (Å²) in [6, 6.07) is 17.8. The highest BCUT2D eigenvalue weighted by molar-refractivity contribution is 7.98. The molecular weight excluding hydrogens is 304 g/mol. The Kier molecular flexibility index (Phi) is 5.60. The van der Waals surface area contributed by atoms with Crippen molar-refractivity contribution in [2.75, 3.05) is 39.5 Å². The van der Waals surface area contributed by atoms with Crippen molar-refractivity contribution in [3.63, 3.8) is 0 Å². The molecule has 1 fully saturated rings. The molecule has 3 rings (SSSR count). The average Bonchev–Trinajstić information content (AvgIpc) is 2.64. The first kappa shape index (κ1) is 16.4. The second-order valence-corrected chi connectivity index (χ2v) is 6.61. The van der Waals surface area contributed by atoms with Crippen molar-refractivity contribution in [1.29, 1.82) is 0 Å². The number of methoxy groups -OCH3 is 1. The maximum Gasteiger partial charge on any atom is 0.118 e. The van der Waals surface area contributed by atoms with E-state index < -0.39 is 0 Å². The molecule has 1 heterocycles. The SMILES string of the molecule is COc1ccc(C(c2ccc(SC)cc2)N2CCNCC2)cc1. The van der Waals surface area contributed by atoms with Gasteiger partial charge in [0.05, 0.1) is 13.2 Å². The standard InChI is InChI=1S/C19H24N2OS/c1-22-17-7-3-15(4-8-17)19(21-13-11-20-12-14-21)16-5-9-18(23-2)10-6-16/h3-10,19-20H,11-14H2,1-2H3. The Hall–Kier alpha value is -1.49. The van der Waals surface area contributed by atoms with E-state index in [-0.39, 0.29) is 0 Å². The van der Waals surface area contributed by atoms with Gasteiger partial charge in [0, 0.05) is 31.1 Å². The molecule has 1 aliphatic heterocycles. The van der Waals surface area contributed by atoms with Crippen LogP contribution < -0.4 is 10.1 Å². The highest BCUT2D eigenvalue weighted by Crippen LogP contribution is 2.31. The first-order valence-electron chi connectivity index (χ1n) is 8.04. The number of ether oxygens (including phenoxy) is 1. The monoisotopic (exact) mass is 328 g/mol. The number of benzene rings is 2. The van der Waals surface area contributed by atoms with Crippen LogP contribution >= 0.6 is 11.8 Å². The fourth-order valence-electron chi connectivity index (χ4n) is 3.13. The summed E-state index contributed by atoms with van der Waals surface area (Å²) in [4.78, 5) is 3.87. The number of nitrogens with zero attached hydrogens (tertiary/aromatic N) is 1. The van der Waals surface area contributed by atoms with E-state index >= 15 is 0 Å². The zero-order valence-corrected chi connectivity index (χ0v) is 14.6. The molecule has 3 nitrogen and oxygen atoms in total. The number of piperazine rings is 1. The summed E-state index contributed by atoms with van der Waals surface area (Å²) in [6.45, 7) is 4.24. The second kappa shape index (κ2) is 7.86. The van der Waals surface area contributed by atoms with Crippen molar-refractivity contribution < 1.29 is 4.74 Å². The third-order valence-corrected chi connectivity index (χ3v) is 5.12. The largest absolute Gasteiger partial charge is 0.497 e. The summed E-state index contributed by atoms with van der Waals surface area (Å²) >= 11 is 1.79. The molecular formula is C19H24N2OS. The average molecular weight is 328 g/mol. The zero-order valence-electron chi connectivity index (χ0n) is 13.8. The molecule has 1 N–H and O–H groups in total. The Morgan fingerprint density at radius 2 is 1.52 bits per heavy atom. The normalized spacial score (nSPS) is 17.0. The predicted molar refractivity (Wildman–Crippen MR) is 97.5 cm³/mol. The molecule has 0 radical (unpaired) electrons. The van der Waals surface area contributed by atoms with Crippen LogP contribution in [0, 0.1) is 0 Å². The number of thioether (sulfide) groups is 1. The molecule has 0 aromatic heterocycles. The molecule has 0 spiro atoms. The molecule has 1 atom stereocenters. The Bertz CT molecular complexity index is 559. The van der Waals surface area contributed by atoms with Gasteiger partial charge in [0.1, 0.15) is 5.75 Å². The van der Waals surface area contributed by atoms with E-state index in [1.165, 1.54) is 16.0 Å². The number of hydrogen-bond acceptors (Lipinski definition) is 4. The fourth-order valence-corrected chi connectivity index (χ4v) is 3.54. The summed E-state index contributed by atoms with van der Waals surface area (Å²) in [6.07, 6.45) is 2.12. The lowest BCUT2D eigenvalue weighted by atomic mass is 9.96. The van der Waals surface area contributed by atoms with Gasteiger partial charge < -0.3 is 10.1 Å². The molecule has 1 saturated heterocycles. The van der Waals surface area contributed by atoms with Crippen molar-refractivity contribution in [1.82, 2.24) is 10.2 Å². The van der Waals surface area contributed by atoms with Gasteiger partial charge in [0.15, 0.2) is 0 Å². The van der Waals surface area contributed by atoms with Crippen LogP contribution in [-0.2, 0) is 0 Å². The minimum Gasteiger partial charge on any atom is -0.497 e. The van der Waals surface area contributed by atoms with Gasteiger partial charge in [-0.05, 0) is 41.6 Å². The third kappa shape index (κ3) is 3.89. The van der Waals surface area contributed by atoms with Crippen LogP contribution in [0.3, 0.4) is 0 Å². The molecule has 2 aromatic rings. The summed E-state index contributed by atoms with van der Waals surface area (Å²) < 4.78 is 5.30. The first-order valence-corrected chi connectivity index (χ1v) is 9.27. The Morgan fingerprint density at radius 1 is 0.957 bits per heavy atom. The van der Waals surface area contributed by atoms with Crippen LogP contribution in [0.25, 0.3) is 0 Å². The van der Waals surface area contributed by atoms with Gasteiger partial charge in [-0.2, -0.15) is 0 Å². The number of nitrogens with one attached hydrogen (secondary N) is 1. The minimum atomic E-state index is 0.305. The van der Waals surface area contributed by atoms with Crippen LogP contribution in [0.5, 0.6) is 5.75 Å². The van der Waals surface area contributed by atoms with Crippen LogP contribution in [0.2, 0.25) is 0 Å².